The lowest BCUT2D eigenvalue weighted by Crippen LogP contribution is -2.49. The van der Waals surface area contributed by atoms with Gasteiger partial charge in [-0.3, -0.25) is 9.59 Å². The Balaban J connectivity index is 1.77. The molecule has 2 aliphatic heterocycles. The fourth-order valence-electron chi connectivity index (χ4n) is 3.10. The molecular weight excluding hydrogens is 370 g/mol. The van der Waals surface area contributed by atoms with Crippen LogP contribution in [0.3, 0.4) is 0 Å². The van der Waals surface area contributed by atoms with E-state index in [0.717, 1.165) is 17.1 Å². The Kier molecular flexibility index (Phi) is 5.79. The Morgan fingerprint density at radius 3 is 2.93 bits per heavy atom. The van der Waals surface area contributed by atoms with Gasteiger partial charge in [0.25, 0.3) is 5.91 Å². The summed E-state index contributed by atoms with van der Waals surface area (Å²) >= 11 is 0. The molecule has 2 N–H and O–H groups in total. The van der Waals surface area contributed by atoms with Crippen molar-refractivity contribution in [3.8, 4) is 12.3 Å². The monoisotopic (exact) mass is 391 g/mol. The molecule has 0 radical (unpaired) electrons. The van der Waals surface area contributed by atoms with E-state index in [0.29, 0.717) is 6.61 Å². The summed E-state index contributed by atoms with van der Waals surface area (Å²) in [7, 11) is -3.87. The predicted molar refractivity (Wildman–Crippen MR) is 97.3 cm³/mol. The minimum Gasteiger partial charge on any atom is -0.375 e. The van der Waals surface area contributed by atoms with Crippen molar-refractivity contribution < 1.29 is 22.7 Å². The molecule has 9 heteroatoms. The molecule has 0 unspecified atom stereocenters. The highest BCUT2D eigenvalue weighted by molar-refractivity contribution is 7.89. The molecule has 0 saturated carbocycles. The normalized spacial score (nSPS) is 21.9. The summed E-state index contributed by atoms with van der Waals surface area (Å²) in [6.45, 7) is 0.805. The van der Waals surface area contributed by atoms with E-state index in [2.05, 4.69) is 16.6 Å². The number of ether oxygens (including phenoxy) is 1. The molecule has 2 fully saturated rings. The fraction of sp³-hybridized carbons (Fsp3) is 0.444. The lowest BCUT2D eigenvalue weighted by Gasteiger charge is -2.26. The molecule has 2 amide bonds. The summed E-state index contributed by atoms with van der Waals surface area (Å²) in [4.78, 5) is 24.0. The molecule has 0 aliphatic carbocycles. The van der Waals surface area contributed by atoms with Gasteiger partial charge < -0.3 is 15.4 Å². The molecule has 27 heavy (non-hydrogen) atoms. The average Bonchev–Trinajstić information content (AvgIpc) is 3.20. The van der Waals surface area contributed by atoms with Gasteiger partial charge in [0.2, 0.25) is 15.9 Å². The summed E-state index contributed by atoms with van der Waals surface area (Å²) in [5.41, 5.74) is 0.177. The van der Waals surface area contributed by atoms with Crippen molar-refractivity contribution in [2.24, 2.45) is 0 Å². The van der Waals surface area contributed by atoms with Gasteiger partial charge in [0, 0.05) is 25.3 Å². The number of hydrogen-bond acceptors (Lipinski definition) is 5. The third-order valence-corrected chi connectivity index (χ3v) is 6.38. The van der Waals surface area contributed by atoms with Crippen LogP contribution in [0.15, 0.2) is 29.2 Å². The molecular formula is C18H21N3O5S. The topological polar surface area (TPSA) is 105 Å². The molecule has 3 rings (SSSR count). The standard InChI is InChI=1S/C18H21N3O5S/c1-2-15(16-7-4-10-26-16)20-18(23)13-5-3-6-14(11-13)27(24,25)21-9-8-19-17(22)12-21/h1,3,5-6,11,15-16H,4,7-10,12H2,(H,19,22)(H,20,23)/t15-,16-/m1/s1. The van der Waals surface area contributed by atoms with Gasteiger partial charge in [0.15, 0.2) is 0 Å². The Bertz CT molecular complexity index is 871. The van der Waals surface area contributed by atoms with E-state index in [9.17, 15) is 18.0 Å². The van der Waals surface area contributed by atoms with Gasteiger partial charge in [-0.05, 0) is 31.0 Å². The Morgan fingerprint density at radius 2 is 2.26 bits per heavy atom. The fourth-order valence-corrected chi connectivity index (χ4v) is 4.54. The van der Waals surface area contributed by atoms with Gasteiger partial charge in [0.05, 0.1) is 17.5 Å². The molecule has 0 bridgehead atoms. The molecule has 2 aliphatic rings. The zero-order valence-electron chi connectivity index (χ0n) is 14.7. The lowest BCUT2D eigenvalue weighted by atomic mass is 10.1. The summed E-state index contributed by atoms with van der Waals surface area (Å²) in [6, 6.07) is 5.12. The van der Waals surface area contributed by atoms with Gasteiger partial charge in [-0.25, -0.2) is 8.42 Å². The average molecular weight is 391 g/mol. The van der Waals surface area contributed by atoms with Crippen molar-refractivity contribution in [2.45, 2.75) is 29.9 Å². The highest BCUT2D eigenvalue weighted by Crippen LogP contribution is 2.19. The number of terminal acetylenes is 1. The van der Waals surface area contributed by atoms with Crippen molar-refractivity contribution in [1.82, 2.24) is 14.9 Å². The number of nitrogens with one attached hydrogen (secondary N) is 2. The molecule has 0 spiro atoms. The quantitative estimate of drug-likeness (QED) is 0.672. The molecule has 1 aromatic rings. The maximum absolute atomic E-state index is 12.8. The summed E-state index contributed by atoms with van der Waals surface area (Å²) in [6.07, 6.45) is 6.91. The number of carbonyl (C=O) groups is 2. The molecule has 1 aromatic carbocycles. The maximum atomic E-state index is 12.8. The van der Waals surface area contributed by atoms with Crippen LogP contribution in [0.5, 0.6) is 0 Å². The van der Waals surface area contributed by atoms with Crippen LogP contribution in [0, 0.1) is 12.3 Å². The number of sulfonamides is 1. The molecule has 8 nitrogen and oxygen atoms in total. The van der Waals surface area contributed by atoms with Crippen LogP contribution < -0.4 is 10.6 Å². The van der Waals surface area contributed by atoms with Gasteiger partial charge in [-0.15, -0.1) is 6.42 Å². The smallest absolute Gasteiger partial charge is 0.252 e. The van der Waals surface area contributed by atoms with Crippen molar-refractivity contribution in [3.63, 3.8) is 0 Å². The third-order valence-electron chi connectivity index (χ3n) is 4.54. The van der Waals surface area contributed by atoms with Crippen LogP contribution in [-0.4, -0.2) is 62.9 Å². The van der Waals surface area contributed by atoms with Gasteiger partial charge in [-0.1, -0.05) is 12.0 Å². The highest BCUT2D eigenvalue weighted by Gasteiger charge is 2.30. The van der Waals surface area contributed by atoms with Crippen LogP contribution in [-0.2, 0) is 19.6 Å². The van der Waals surface area contributed by atoms with Crippen molar-refractivity contribution in [1.29, 1.82) is 0 Å². The zero-order valence-corrected chi connectivity index (χ0v) is 15.5. The van der Waals surface area contributed by atoms with E-state index < -0.39 is 22.0 Å². The number of amides is 2. The van der Waals surface area contributed by atoms with E-state index in [1.165, 1.54) is 24.3 Å². The van der Waals surface area contributed by atoms with E-state index in [-0.39, 0.29) is 42.1 Å². The first-order chi connectivity index (χ1) is 12.9. The molecule has 2 atom stereocenters. The summed E-state index contributed by atoms with van der Waals surface area (Å²) < 4.78 is 32.1. The van der Waals surface area contributed by atoms with Crippen LogP contribution in [0.2, 0.25) is 0 Å². The van der Waals surface area contributed by atoms with Crippen molar-refractivity contribution in [3.05, 3.63) is 29.8 Å². The van der Waals surface area contributed by atoms with Gasteiger partial charge in [-0.2, -0.15) is 4.31 Å². The summed E-state index contributed by atoms with van der Waals surface area (Å²) in [5, 5.41) is 5.30. The molecule has 144 valence electrons. The first-order valence-corrected chi connectivity index (χ1v) is 10.1. The lowest BCUT2D eigenvalue weighted by molar-refractivity contribution is -0.122. The number of nitrogens with zero attached hydrogens (tertiary/aromatic N) is 1. The van der Waals surface area contributed by atoms with Crippen LogP contribution in [0.1, 0.15) is 23.2 Å². The molecule has 2 saturated heterocycles. The highest BCUT2D eigenvalue weighted by atomic mass is 32.2. The number of hydrogen-bond donors (Lipinski definition) is 2. The van der Waals surface area contributed by atoms with Crippen LogP contribution in [0.4, 0.5) is 0 Å². The van der Waals surface area contributed by atoms with E-state index in [1.54, 1.807) is 0 Å². The van der Waals surface area contributed by atoms with Crippen LogP contribution in [0.25, 0.3) is 0 Å². The van der Waals surface area contributed by atoms with Gasteiger partial charge in [0.1, 0.15) is 6.04 Å². The van der Waals surface area contributed by atoms with E-state index >= 15 is 0 Å². The first-order valence-electron chi connectivity index (χ1n) is 8.67. The Labute approximate surface area is 158 Å². The van der Waals surface area contributed by atoms with Gasteiger partial charge >= 0.3 is 0 Å². The van der Waals surface area contributed by atoms with Crippen molar-refractivity contribution in [2.75, 3.05) is 26.2 Å². The Hall–Kier alpha value is -2.41. The van der Waals surface area contributed by atoms with Crippen LogP contribution >= 0.6 is 0 Å². The molecule has 0 aromatic heterocycles. The second kappa shape index (κ2) is 8.08. The number of rotatable bonds is 5. The van der Waals surface area contributed by atoms with Crippen molar-refractivity contribution >= 4 is 21.8 Å². The number of benzene rings is 1. The SMILES string of the molecule is C#C[C@@H](NC(=O)c1cccc(S(=O)(=O)N2CCNC(=O)C2)c1)[C@H]1CCCO1. The predicted octanol–water partition coefficient (Wildman–Crippen LogP) is -0.282. The number of piperazine rings is 1. The van der Waals surface area contributed by atoms with E-state index in [1.807, 2.05) is 0 Å². The molecule has 2 heterocycles. The minimum atomic E-state index is -3.87. The van der Waals surface area contributed by atoms with E-state index in [4.69, 9.17) is 11.2 Å². The minimum absolute atomic E-state index is 0.0424. The number of carbonyl (C=O) groups excluding carboxylic acids is 2. The third kappa shape index (κ3) is 4.30. The second-order valence-corrected chi connectivity index (χ2v) is 8.32. The first kappa shape index (κ1) is 19.4. The largest absolute Gasteiger partial charge is 0.375 e. The summed E-state index contributed by atoms with van der Waals surface area (Å²) in [5.74, 6) is 1.69. The maximum Gasteiger partial charge on any atom is 0.252 e. The second-order valence-electron chi connectivity index (χ2n) is 6.39. The Morgan fingerprint density at radius 1 is 1.44 bits per heavy atom. The zero-order chi connectivity index (χ0) is 19.4.